The van der Waals surface area contributed by atoms with Crippen LogP contribution in [0.15, 0.2) is 138 Å². The Morgan fingerprint density at radius 3 is 1.78 bits per heavy atom. The molecule has 1 saturated heterocycles. The van der Waals surface area contributed by atoms with E-state index in [1.165, 1.54) is 32.7 Å². The van der Waals surface area contributed by atoms with Gasteiger partial charge in [-0.2, -0.15) is 5.09 Å². The fourth-order valence-electron chi connectivity index (χ4n) is 8.30. The van der Waals surface area contributed by atoms with Gasteiger partial charge in [0.05, 0.1) is 31.2 Å². The molecule has 1 heterocycles. The molecule has 2 aliphatic rings. The Morgan fingerprint density at radius 2 is 1.24 bits per heavy atom. The first-order valence-corrected chi connectivity index (χ1v) is 20.5. The van der Waals surface area contributed by atoms with Crippen LogP contribution in [0.5, 0.6) is 0 Å². The van der Waals surface area contributed by atoms with Gasteiger partial charge in [0.25, 0.3) is 0 Å². The lowest BCUT2D eigenvalue weighted by atomic mass is 9.89. The highest BCUT2D eigenvalue weighted by atomic mass is 79.9. The molecular formula is C44H43BrN3O2P. The monoisotopic (exact) mass is 755 g/mol. The first-order chi connectivity index (χ1) is 24.9. The number of hydrogen-bond acceptors (Lipinski definition) is 5. The van der Waals surface area contributed by atoms with E-state index in [4.69, 9.17) is 0 Å². The summed E-state index contributed by atoms with van der Waals surface area (Å²) in [6.07, 6.45) is 4.38. The van der Waals surface area contributed by atoms with Crippen molar-refractivity contribution in [2.45, 2.75) is 70.2 Å². The summed E-state index contributed by atoms with van der Waals surface area (Å²) in [6, 6.07) is 45.5. The molecule has 6 aromatic carbocycles. The molecular weight excluding hydrogens is 713 g/mol. The average molecular weight is 757 g/mol. The van der Waals surface area contributed by atoms with E-state index < -0.39 is 14.0 Å². The molecule has 0 aromatic heterocycles. The van der Waals surface area contributed by atoms with Crippen LogP contribution in [0.2, 0.25) is 0 Å². The highest BCUT2D eigenvalue weighted by molar-refractivity contribution is 9.10. The second-order valence-corrected chi connectivity index (χ2v) is 17.5. The third-order valence-electron chi connectivity index (χ3n) is 10.9. The Morgan fingerprint density at radius 1 is 0.725 bits per heavy atom. The molecule has 3 atom stereocenters. The smallest absolute Gasteiger partial charge is 0.184 e. The molecule has 51 heavy (non-hydrogen) atoms. The number of carbonyl (C=O) groups excluding carboxylic acids is 1. The number of aryl methyl sites for hydroxylation is 1. The summed E-state index contributed by atoms with van der Waals surface area (Å²) in [4.78, 5) is 30.6. The number of carbonyl (C=O) groups is 1. The molecule has 6 aromatic rings. The van der Waals surface area contributed by atoms with Gasteiger partial charge in [0.2, 0.25) is 0 Å². The normalized spacial score (nSPS) is 19.7. The predicted octanol–water partition coefficient (Wildman–Crippen LogP) is 10.3. The molecule has 1 saturated carbocycles. The van der Waals surface area contributed by atoms with Crippen molar-refractivity contribution >= 4 is 51.2 Å². The first kappa shape index (κ1) is 34.4. The van der Waals surface area contributed by atoms with Crippen molar-refractivity contribution in [3.8, 4) is 0 Å². The average Bonchev–Trinajstić information content (AvgIpc) is 3.38. The van der Waals surface area contributed by atoms with Crippen LogP contribution < -0.4 is 9.98 Å². The largest absolute Gasteiger partial charge is 0.636 e. The highest BCUT2D eigenvalue weighted by Crippen LogP contribution is 2.66. The van der Waals surface area contributed by atoms with Crippen molar-refractivity contribution in [3.63, 3.8) is 0 Å². The van der Waals surface area contributed by atoms with Gasteiger partial charge in [0.15, 0.2) is 13.7 Å². The Balaban J connectivity index is 1.25. The van der Waals surface area contributed by atoms with Crippen molar-refractivity contribution in [3.05, 3.63) is 166 Å². The maximum atomic E-state index is 16.6. The number of halogens is 1. The molecule has 5 nitrogen and oxygen atoms in total. The molecule has 1 aliphatic carbocycles. The second kappa shape index (κ2) is 14.7. The van der Waals surface area contributed by atoms with Crippen LogP contribution in [-0.2, 0) is 13.1 Å². The number of nitrogens with zero attached hydrogens (tertiary/aromatic N) is 2. The number of hydrogen-bond donors (Lipinski definition) is 1. The lowest BCUT2D eigenvalue weighted by Crippen LogP contribution is -2.45. The van der Waals surface area contributed by atoms with Gasteiger partial charge in [-0.25, -0.2) is 0 Å². The lowest BCUT2D eigenvalue weighted by molar-refractivity contribution is -0.196. The van der Waals surface area contributed by atoms with E-state index in [9.17, 15) is 4.79 Å². The molecule has 258 valence electrons. The van der Waals surface area contributed by atoms with Crippen LogP contribution in [0.25, 0.3) is 21.5 Å². The third kappa shape index (κ3) is 6.94. The fraction of sp³-hybridized carbons (Fsp3) is 0.250. The quantitative estimate of drug-likeness (QED) is 0.111. The number of benzene rings is 6. The molecule has 0 spiro atoms. The summed E-state index contributed by atoms with van der Waals surface area (Å²) in [5, 5.41) is 8.55. The van der Waals surface area contributed by atoms with Gasteiger partial charge in [-0.1, -0.05) is 156 Å². The van der Waals surface area contributed by atoms with E-state index in [1.807, 2.05) is 24.3 Å². The van der Waals surface area contributed by atoms with Crippen LogP contribution in [-0.4, -0.2) is 27.2 Å². The minimum absolute atomic E-state index is 0.0185. The third-order valence-corrected chi connectivity index (χ3v) is 14.4. The van der Waals surface area contributed by atoms with E-state index in [1.54, 1.807) is 0 Å². The van der Waals surface area contributed by atoms with E-state index in [0.29, 0.717) is 18.7 Å². The molecule has 1 aliphatic heterocycles. The van der Waals surface area contributed by atoms with Gasteiger partial charge in [-0.05, 0) is 70.1 Å². The molecule has 0 radical (unpaired) electrons. The van der Waals surface area contributed by atoms with Gasteiger partial charge >= 0.3 is 0 Å². The Hall–Kier alpha value is -3.74. The van der Waals surface area contributed by atoms with Crippen LogP contribution in [0, 0.1) is 6.92 Å². The van der Waals surface area contributed by atoms with Crippen molar-refractivity contribution < 1.29 is 9.69 Å². The van der Waals surface area contributed by atoms with Gasteiger partial charge in [0.1, 0.15) is 0 Å². The summed E-state index contributed by atoms with van der Waals surface area (Å²) in [6.45, 7) is 3.18. The SMILES string of the molecule is Cc1ccc([C@@H](CC(=O)c2ccc(Br)cc2)N[P+]2([O-])N(Cc3cccc4ccccc34)[C@@H]3CCCC[C@H]3N2Cc2cccc3ccccc23)cc1. The number of nitrogens with one attached hydrogen (secondary N) is 1. The maximum Gasteiger partial charge on any atom is 0.184 e. The maximum absolute atomic E-state index is 16.6. The summed E-state index contributed by atoms with van der Waals surface area (Å²) in [5.41, 5.74) is 5.10. The fourth-order valence-corrected chi connectivity index (χ4v) is 11.8. The van der Waals surface area contributed by atoms with Crippen molar-refractivity contribution in [2.75, 3.05) is 0 Å². The summed E-state index contributed by atoms with van der Waals surface area (Å²) in [7, 11) is -3.51. The summed E-state index contributed by atoms with van der Waals surface area (Å²) >= 11 is 3.51. The molecule has 8 rings (SSSR count). The number of Topliss-reactive ketones (excluding diaryl/α,β-unsaturated/α-hetero) is 1. The van der Waals surface area contributed by atoms with Crippen molar-refractivity contribution in [2.24, 2.45) is 0 Å². The molecule has 0 unspecified atom stereocenters. The predicted molar refractivity (Wildman–Crippen MR) is 212 cm³/mol. The zero-order chi connectivity index (χ0) is 35.0. The molecule has 2 fully saturated rings. The molecule has 7 heteroatoms. The topological polar surface area (TPSA) is 58.6 Å². The van der Waals surface area contributed by atoms with E-state index >= 15 is 4.89 Å². The minimum atomic E-state index is -3.51. The summed E-state index contributed by atoms with van der Waals surface area (Å²) < 4.78 is 5.56. The lowest BCUT2D eigenvalue weighted by Gasteiger charge is -2.42. The van der Waals surface area contributed by atoms with Gasteiger partial charge in [0, 0.05) is 16.5 Å². The molecule has 0 amide bonds. The molecule has 0 bridgehead atoms. The zero-order valence-corrected chi connectivity index (χ0v) is 31.4. The Labute approximate surface area is 310 Å². The van der Waals surface area contributed by atoms with Gasteiger partial charge in [-0.15, -0.1) is 9.34 Å². The summed E-state index contributed by atoms with van der Waals surface area (Å²) in [5.74, 6) is 0.0185. The van der Waals surface area contributed by atoms with Crippen LogP contribution >= 0.6 is 23.9 Å². The van der Waals surface area contributed by atoms with Crippen LogP contribution in [0.3, 0.4) is 0 Å². The van der Waals surface area contributed by atoms with Crippen LogP contribution in [0.1, 0.15) is 70.8 Å². The van der Waals surface area contributed by atoms with E-state index in [0.717, 1.165) is 41.3 Å². The van der Waals surface area contributed by atoms with Crippen molar-refractivity contribution in [1.82, 2.24) is 14.4 Å². The number of fused-ring (bicyclic) bond motifs is 3. The van der Waals surface area contributed by atoms with E-state index in [-0.39, 0.29) is 24.3 Å². The zero-order valence-electron chi connectivity index (χ0n) is 28.9. The first-order valence-electron chi connectivity index (χ1n) is 18.1. The molecule has 1 N–H and O–H groups in total. The highest BCUT2D eigenvalue weighted by Gasteiger charge is 2.60. The van der Waals surface area contributed by atoms with Crippen LogP contribution in [0.4, 0.5) is 0 Å². The minimum Gasteiger partial charge on any atom is -0.636 e. The number of rotatable bonds is 10. The van der Waals surface area contributed by atoms with E-state index in [2.05, 4.69) is 146 Å². The van der Waals surface area contributed by atoms with Crippen molar-refractivity contribution in [1.29, 1.82) is 0 Å². The number of ketones is 1. The Bertz CT molecular complexity index is 2060. The van der Waals surface area contributed by atoms with Gasteiger partial charge in [-0.3, -0.25) is 4.79 Å². The second-order valence-electron chi connectivity index (χ2n) is 14.2. The van der Waals surface area contributed by atoms with Gasteiger partial charge < -0.3 is 4.89 Å². The standard InChI is InChI=1S/C44H43BrN3O2P/c1-31-20-22-34(23-21-31)41(28-44(49)35-24-26-38(45)27-25-35)46-51(50)47(29-36-14-8-12-32-10-2-4-16-39(32)36)42-18-6-7-19-43(42)48(51)30-37-15-9-13-33-11-3-5-17-40(33)37/h2-5,8-17,20-27,41-43H,6-7,18-19,28-30H2,1H3,(H,46,50)/t41-,42-,43-/m1/s1. The Kier molecular flexibility index (Phi) is 9.91.